The van der Waals surface area contributed by atoms with Gasteiger partial charge in [0.2, 0.25) is 0 Å². The van der Waals surface area contributed by atoms with Crippen LogP contribution in [0.1, 0.15) is 18.1 Å². The molecule has 2 aromatic rings. The number of hydrogen-bond acceptors (Lipinski definition) is 2. The summed E-state index contributed by atoms with van der Waals surface area (Å²) in [5.41, 5.74) is 8.05. The van der Waals surface area contributed by atoms with E-state index < -0.39 is 0 Å². The average Bonchev–Trinajstić information content (AvgIpc) is 2.41. The van der Waals surface area contributed by atoms with Crippen molar-refractivity contribution in [2.75, 3.05) is 6.54 Å². The first-order valence-electron chi connectivity index (χ1n) is 6.38. The van der Waals surface area contributed by atoms with Gasteiger partial charge >= 0.3 is 0 Å². The zero-order chi connectivity index (χ0) is 12.8. The zero-order valence-corrected chi connectivity index (χ0v) is 10.7. The summed E-state index contributed by atoms with van der Waals surface area (Å²) in [6.45, 7) is 2.77. The lowest BCUT2D eigenvalue weighted by Crippen LogP contribution is -2.03. The Morgan fingerprint density at radius 1 is 1.06 bits per heavy atom. The van der Waals surface area contributed by atoms with E-state index in [0.29, 0.717) is 6.54 Å². The third kappa shape index (κ3) is 3.11. The number of rotatable bonds is 5. The Morgan fingerprint density at radius 3 is 2.67 bits per heavy atom. The lowest BCUT2D eigenvalue weighted by Gasteiger charge is -2.11. The molecule has 2 rings (SSSR count). The Balaban J connectivity index is 2.22. The fraction of sp³-hybridized carbons (Fsp3) is 0.250. The van der Waals surface area contributed by atoms with Crippen LogP contribution in [0.4, 0.5) is 0 Å². The highest BCUT2D eigenvalue weighted by Gasteiger charge is 2.03. The minimum absolute atomic E-state index is 0.634. The van der Waals surface area contributed by atoms with Crippen molar-refractivity contribution in [2.45, 2.75) is 19.8 Å². The largest absolute Gasteiger partial charge is 0.457 e. The summed E-state index contributed by atoms with van der Waals surface area (Å²) in [6.07, 6.45) is 1.85. The SMILES string of the molecule is CCc1cccc(Oc2ccccc2CCN)c1. The fourth-order valence-electron chi connectivity index (χ4n) is 1.92. The monoisotopic (exact) mass is 241 g/mol. The normalized spacial score (nSPS) is 10.3. The maximum absolute atomic E-state index is 5.95. The molecule has 0 amide bonds. The van der Waals surface area contributed by atoms with Gasteiger partial charge in [0, 0.05) is 0 Å². The molecule has 0 aliphatic rings. The molecule has 0 radical (unpaired) electrons. The molecular formula is C16H19NO. The lowest BCUT2D eigenvalue weighted by molar-refractivity contribution is 0.475. The Labute approximate surface area is 108 Å². The highest BCUT2D eigenvalue weighted by atomic mass is 16.5. The van der Waals surface area contributed by atoms with Gasteiger partial charge < -0.3 is 10.5 Å². The smallest absolute Gasteiger partial charge is 0.130 e. The second kappa shape index (κ2) is 6.22. The number of nitrogens with two attached hydrogens (primary N) is 1. The minimum atomic E-state index is 0.634. The van der Waals surface area contributed by atoms with Crippen LogP contribution in [0.25, 0.3) is 0 Å². The van der Waals surface area contributed by atoms with Crippen molar-refractivity contribution in [3.05, 3.63) is 59.7 Å². The Hall–Kier alpha value is -1.80. The van der Waals surface area contributed by atoms with E-state index in [1.807, 2.05) is 30.3 Å². The van der Waals surface area contributed by atoms with Crippen LogP contribution in [0.3, 0.4) is 0 Å². The van der Waals surface area contributed by atoms with Crippen LogP contribution in [0.15, 0.2) is 48.5 Å². The summed E-state index contributed by atoms with van der Waals surface area (Å²) < 4.78 is 5.95. The fourth-order valence-corrected chi connectivity index (χ4v) is 1.92. The van der Waals surface area contributed by atoms with Gasteiger partial charge in [0.25, 0.3) is 0 Å². The molecule has 0 aliphatic heterocycles. The highest BCUT2D eigenvalue weighted by molar-refractivity contribution is 5.39. The maximum Gasteiger partial charge on any atom is 0.130 e. The van der Waals surface area contributed by atoms with Gasteiger partial charge in [-0.2, -0.15) is 0 Å². The maximum atomic E-state index is 5.95. The molecule has 0 heterocycles. The van der Waals surface area contributed by atoms with Crippen molar-refractivity contribution >= 4 is 0 Å². The summed E-state index contributed by atoms with van der Waals surface area (Å²) >= 11 is 0. The van der Waals surface area contributed by atoms with Gasteiger partial charge in [0.1, 0.15) is 11.5 Å². The molecule has 2 aromatic carbocycles. The molecule has 0 saturated heterocycles. The van der Waals surface area contributed by atoms with Gasteiger partial charge in [-0.1, -0.05) is 37.3 Å². The molecule has 2 heteroatoms. The number of benzene rings is 2. The van der Waals surface area contributed by atoms with Crippen LogP contribution in [0.2, 0.25) is 0 Å². The van der Waals surface area contributed by atoms with E-state index in [0.717, 1.165) is 29.9 Å². The minimum Gasteiger partial charge on any atom is -0.457 e. The third-order valence-electron chi connectivity index (χ3n) is 2.92. The molecule has 0 aliphatic carbocycles. The van der Waals surface area contributed by atoms with E-state index in [1.54, 1.807) is 0 Å². The van der Waals surface area contributed by atoms with Crippen LogP contribution in [0, 0.1) is 0 Å². The van der Waals surface area contributed by atoms with E-state index in [1.165, 1.54) is 5.56 Å². The summed E-state index contributed by atoms with van der Waals surface area (Å²) in [6, 6.07) is 16.3. The second-order valence-corrected chi connectivity index (χ2v) is 4.25. The number of aryl methyl sites for hydroxylation is 1. The van der Waals surface area contributed by atoms with Crippen molar-refractivity contribution in [3.8, 4) is 11.5 Å². The van der Waals surface area contributed by atoms with Crippen LogP contribution < -0.4 is 10.5 Å². The first-order chi connectivity index (χ1) is 8.83. The van der Waals surface area contributed by atoms with E-state index in [-0.39, 0.29) is 0 Å². The van der Waals surface area contributed by atoms with E-state index in [9.17, 15) is 0 Å². The molecule has 2 N–H and O–H groups in total. The summed E-state index contributed by atoms with van der Waals surface area (Å²) in [5.74, 6) is 1.79. The van der Waals surface area contributed by atoms with Crippen molar-refractivity contribution in [3.63, 3.8) is 0 Å². The molecule has 0 saturated carbocycles. The van der Waals surface area contributed by atoms with Crippen molar-refractivity contribution < 1.29 is 4.74 Å². The molecule has 18 heavy (non-hydrogen) atoms. The summed E-state index contributed by atoms with van der Waals surface area (Å²) in [5, 5.41) is 0. The molecule has 2 nitrogen and oxygen atoms in total. The highest BCUT2D eigenvalue weighted by Crippen LogP contribution is 2.26. The number of ether oxygens (including phenoxy) is 1. The molecule has 0 spiro atoms. The van der Waals surface area contributed by atoms with Crippen LogP contribution in [0.5, 0.6) is 11.5 Å². The van der Waals surface area contributed by atoms with Gasteiger partial charge in [-0.25, -0.2) is 0 Å². The molecular weight excluding hydrogens is 222 g/mol. The number of para-hydroxylation sites is 1. The third-order valence-corrected chi connectivity index (χ3v) is 2.92. The van der Waals surface area contributed by atoms with Gasteiger partial charge in [0.05, 0.1) is 0 Å². The Kier molecular flexibility index (Phi) is 4.37. The first kappa shape index (κ1) is 12.7. The van der Waals surface area contributed by atoms with E-state index >= 15 is 0 Å². The van der Waals surface area contributed by atoms with Crippen molar-refractivity contribution in [1.82, 2.24) is 0 Å². The molecule has 94 valence electrons. The average molecular weight is 241 g/mol. The van der Waals surface area contributed by atoms with Crippen molar-refractivity contribution in [2.24, 2.45) is 5.73 Å². The van der Waals surface area contributed by atoms with Crippen LogP contribution >= 0.6 is 0 Å². The Morgan fingerprint density at radius 2 is 1.89 bits per heavy atom. The predicted molar refractivity (Wildman–Crippen MR) is 75.1 cm³/mol. The van der Waals surface area contributed by atoms with Gasteiger partial charge in [-0.3, -0.25) is 0 Å². The van der Waals surface area contributed by atoms with E-state index in [2.05, 4.69) is 25.1 Å². The van der Waals surface area contributed by atoms with Crippen LogP contribution in [-0.2, 0) is 12.8 Å². The van der Waals surface area contributed by atoms with Crippen molar-refractivity contribution in [1.29, 1.82) is 0 Å². The van der Waals surface area contributed by atoms with Gasteiger partial charge in [-0.15, -0.1) is 0 Å². The van der Waals surface area contributed by atoms with Gasteiger partial charge in [0.15, 0.2) is 0 Å². The molecule has 0 bridgehead atoms. The van der Waals surface area contributed by atoms with E-state index in [4.69, 9.17) is 10.5 Å². The topological polar surface area (TPSA) is 35.2 Å². The predicted octanol–water partition coefficient (Wildman–Crippen LogP) is 3.54. The quantitative estimate of drug-likeness (QED) is 0.869. The van der Waals surface area contributed by atoms with Crippen LogP contribution in [-0.4, -0.2) is 6.54 Å². The summed E-state index contributed by atoms with van der Waals surface area (Å²) in [4.78, 5) is 0. The second-order valence-electron chi connectivity index (χ2n) is 4.25. The van der Waals surface area contributed by atoms with Gasteiger partial charge in [-0.05, 0) is 48.7 Å². The molecule has 0 atom stereocenters. The molecule has 0 fully saturated rings. The Bertz CT molecular complexity index is 508. The standard InChI is InChI=1S/C16H19NO/c1-2-13-6-5-8-15(12-13)18-16-9-4-3-7-14(16)10-11-17/h3-9,12H,2,10-11,17H2,1H3. The number of hydrogen-bond donors (Lipinski definition) is 1. The first-order valence-corrected chi connectivity index (χ1v) is 6.38. The zero-order valence-electron chi connectivity index (χ0n) is 10.7. The molecule has 0 aromatic heterocycles. The summed E-state index contributed by atoms with van der Waals surface area (Å²) in [7, 11) is 0. The lowest BCUT2D eigenvalue weighted by atomic mass is 10.1. The molecule has 0 unspecified atom stereocenters.